The Balaban J connectivity index is 2.31. The molecule has 0 amide bonds. The van der Waals surface area contributed by atoms with Crippen LogP contribution in [-0.2, 0) is 0 Å². The van der Waals surface area contributed by atoms with E-state index in [9.17, 15) is 5.11 Å². The summed E-state index contributed by atoms with van der Waals surface area (Å²) in [6.45, 7) is 4.08. The molecule has 1 aromatic rings. The molecule has 2 heteroatoms. The Morgan fingerprint density at radius 3 is 2.19 bits per heavy atom. The van der Waals surface area contributed by atoms with E-state index < -0.39 is 0 Å². The fourth-order valence-corrected chi connectivity index (χ4v) is 3.03. The normalized spacial score (nSPS) is 18.9. The van der Waals surface area contributed by atoms with Crippen LogP contribution in [0.1, 0.15) is 48.4 Å². The van der Waals surface area contributed by atoms with Crippen LogP contribution in [0.4, 0.5) is 0 Å². The predicted octanol–water partition coefficient (Wildman–Crippen LogP) is 3.20. The number of nitrogens with two attached hydrogens (primary N) is 1. The first-order valence-electron chi connectivity index (χ1n) is 6.15. The predicted molar refractivity (Wildman–Crippen MR) is 66.5 cm³/mol. The maximum atomic E-state index is 9.52. The molecule has 2 rings (SSSR count). The van der Waals surface area contributed by atoms with Crippen molar-refractivity contribution in [3.8, 4) is 5.75 Å². The largest absolute Gasteiger partial charge is 0.508 e. The van der Waals surface area contributed by atoms with Gasteiger partial charge in [0.1, 0.15) is 5.75 Å². The fourth-order valence-electron chi connectivity index (χ4n) is 3.03. The average Bonchev–Trinajstić information content (AvgIpc) is 2.67. The van der Waals surface area contributed by atoms with E-state index in [1.165, 1.54) is 31.2 Å². The van der Waals surface area contributed by atoms with Crippen LogP contribution in [-0.4, -0.2) is 5.11 Å². The van der Waals surface area contributed by atoms with Crippen LogP contribution >= 0.6 is 0 Å². The molecular weight excluding hydrogens is 198 g/mol. The van der Waals surface area contributed by atoms with E-state index in [0.717, 1.165) is 11.1 Å². The maximum Gasteiger partial charge on any atom is 0.116 e. The smallest absolute Gasteiger partial charge is 0.116 e. The van der Waals surface area contributed by atoms with Gasteiger partial charge in [-0.05, 0) is 61.4 Å². The Bertz CT molecular complexity index is 357. The molecule has 3 N–H and O–H groups in total. The highest BCUT2D eigenvalue weighted by Gasteiger charge is 2.25. The second-order valence-corrected chi connectivity index (χ2v) is 5.06. The number of rotatable bonds is 2. The van der Waals surface area contributed by atoms with Crippen molar-refractivity contribution in [2.75, 3.05) is 0 Å². The van der Waals surface area contributed by atoms with Crippen molar-refractivity contribution in [2.24, 2.45) is 11.7 Å². The van der Waals surface area contributed by atoms with E-state index >= 15 is 0 Å². The summed E-state index contributed by atoms with van der Waals surface area (Å²) in [4.78, 5) is 0. The van der Waals surface area contributed by atoms with Gasteiger partial charge in [-0.3, -0.25) is 0 Å². The summed E-state index contributed by atoms with van der Waals surface area (Å²) in [5.41, 5.74) is 9.86. The van der Waals surface area contributed by atoms with Gasteiger partial charge in [0.25, 0.3) is 0 Å². The molecule has 0 heterocycles. The third-order valence-corrected chi connectivity index (χ3v) is 3.82. The van der Waals surface area contributed by atoms with E-state index in [4.69, 9.17) is 5.73 Å². The number of phenols is 1. The molecule has 1 aliphatic rings. The zero-order valence-corrected chi connectivity index (χ0v) is 10.2. The van der Waals surface area contributed by atoms with Gasteiger partial charge >= 0.3 is 0 Å². The molecule has 2 nitrogen and oxygen atoms in total. The van der Waals surface area contributed by atoms with Crippen LogP contribution < -0.4 is 5.73 Å². The summed E-state index contributed by atoms with van der Waals surface area (Å²) in [5.74, 6) is 0.972. The quantitative estimate of drug-likeness (QED) is 0.802. The van der Waals surface area contributed by atoms with Crippen LogP contribution in [0.3, 0.4) is 0 Å². The molecule has 88 valence electrons. The van der Waals surface area contributed by atoms with Gasteiger partial charge < -0.3 is 10.8 Å². The van der Waals surface area contributed by atoms with Gasteiger partial charge in [-0.15, -0.1) is 0 Å². The van der Waals surface area contributed by atoms with E-state index in [1.54, 1.807) is 0 Å². The van der Waals surface area contributed by atoms with Crippen molar-refractivity contribution in [2.45, 2.75) is 45.6 Å². The molecule has 1 atom stereocenters. The molecule has 0 spiro atoms. The lowest BCUT2D eigenvalue weighted by Gasteiger charge is -2.23. The van der Waals surface area contributed by atoms with Crippen LogP contribution in [0.5, 0.6) is 5.75 Å². The summed E-state index contributed by atoms with van der Waals surface area (Å²) in [6, 6.07) is 3.77. The standard InChI is InChI=1S/C14H21NO/c1-9-7-12(16)8-10(2)13(9)14(15)11-5-3-4-6-11/h7-8,11,14,16H,3-6,15H2,1-2H3/t14-/m0/s1. The summed E-state index contributed by atoms with van der Waals surface area (Å²) in [6.07, 6.45) is 5.13. The molecule has 0 aliphatic heterocycles. The molecule has 0 radical (unpaired) electrons. The van der Waals surface area contributed by atoms with E-state index in [1.807, 2.05) is 26.0 Å². The third-order valence-electron chi connectivity index (χ3n) is 3.82. The van der Waals surface area contributed by atoms with Crippen molar-refractivity contribution in [3.05, 3.63) is 28.8 Å². The number of hydrogen-bond acceptors (Lipinski definition) is 2. The minimum absolute atomic E-state index is 0.142. The van der Waals surface area contributed by atoms with E-state index in [2.05, 4.69) is 0 Å². The Morgan fingerprint density at radius 1 is 1.19 bits per heavy atom. The summed E-state index contributed by atoms with van der Waals surface area (Å²) in [7, 11) is 0. The monoisotopic (exact) mass is 219 g/mol. The molecule has 0 unspecified atom stereocenters. The Kier molecular flexibility index (Phi) is 3.20. The highest BCUT2D eigenvalue weighted by molar-refractivity contribution is 5.42. The molecule has 1 fully saturated rings. The fraction of sp³-hybridized carbons (Fsp3) is 0.571. The lowest BCUT2D eigenvalue weighted by Crippen LogP contribution is -2.21. The second kappa shape index (κ2) is 4.46. The molecular formula is C14H21NO. The summed E-state index contributed by atoms with van der Waals surface area (Å²) < 4.78 is 0. The first kappa shape index (κ1) is 11.5. The molecule has 0 saturated heterocycles. The van der Waals surface area contributed by atoms with Crippen LogP contribution in [0.2, 0.25) is 0 Å². The Labute approximate surface area is 97.5 Å². The lowest BCUT2D eigenvalue weighted by atomic mass is 9.87. The van der Waals surface area contributed by atoms with Gasteiger partial charge in [0.15, 0.2) is 0 Å². The Hall–Kier alpha value is -1.02. The SMILES string of the molecule is Cc1cc(O)cc(C)c1[C@@H](N)C1CCCC1. The first-order chi connectivity index (χ1) is 7.59. The molecule has 1 aromatic carbocycles. The molecule has 16 heavy (non-hydrogen) atoms. The number of hydrogen-bond donors (Lipinski definition) is 2. The number of aryl methyl sites for hydroxylation is 2. The maximum absolute atomic E-state index is 9.52. The van der Waals surface area contributed by atoms with Gasteiger partial charge in [0.2, 0.25) is 0 Å². The topological polar surface area (TPSA) is 46.2 Å². The average molecular weight is 219 g/mol. The van der Waals surface area contributed by atoms with Gasteiger partial charge in [0, 0.05) is 6.04 Å². The Morgan fingerprint density at radius 2 is 1.69 bits per heavy atom. The van der Waals surface area contributed by atoms with Crippen LogP contribution in [0.25, 0.3) is 0 Å². The lowest BCUT2D eigenvalue weighted by molar-refractivity contribution is 0.439. The van der Waals surface area contributed by atoms with Gasteiger partial charge in [-0.1, -0.05) is 12.8 Å². The van der Waals surface area contributed by atoms with E-state index in [-0.39, 0.29) is 6.04 Å². The zero-order chi connectivity index (χ0) is 11.7. The van der Waals surface area contributed by atoms with Crippen molar-refractivity contribution in [3.63, 3.8) is 0 Å². The van der Waals surface area contributed by atoms with Crippen molar-refractivity contribution < 1.29 is 5.11 Å². The highest BCUT2D eigenvalue weighted by atomic mass is 16.3. The molecule has 0 aromatic heterocycles. The van der Waals surface area contributed by atoms with Gasteiger partial charge in [0.05, 0.1) is 0 Å². The first-order valence-corrected chi connectivity index (χ1v) is 6.15. The van der Waals surface area contributed by atoms with Crippen LogP contribution in [0, 0.1) is 19.8 Å². The summed E-state index contributed by atoms with van der Waals surface area (Å²) >= 11 is 0. The van der Waals surface area contributed by atoms with Crippen molar-refractivity contribution in [1.82, 2.24) is 0 Å². The number of aromatic hydroxyl groups is 1. The van der Waals surface area contributed by atoms with E-state index in [0.29, 0.717) is 11.7 Å². The van der Waals surface area contributed by atoms with Gasteiger partial charge in [-0.25, -0.2) is 0 Å². The minimum atomic E-state index is 0.142. The van der Waals surface area contributed by atoms with Crippen LogP contribution in [0.15, 0.2) is 12.1 Å². The molecule has 1 aliphatic carbocycles. The highest BCUT2D eigenvalue weighted by Crippen LogP contribution is 2.37. The number of benzene rings is 1. The van der Waals surface area contributed by atoms with Crippen molar-refractivity contribution >= 4 is 0 Å². The third kappa shape index (κ3) is 2.07. The number of phenolic OH excluding ortho intramolecular Hbond substituents is 1. The van der Waals surface area contributed by atoms with Crippen molar-refractivity contribution in [1.29, 1.82) is 0 Å². The summed E-state index contributed by atoms with van der Waals surface area (Å²) in [5, 5.41) is 9.52. The van der Waals surface area contributed by atoms with Gasteiger partial charge in [-0.2, -0.15) is 0 Å². The minimum Gasteiger partial charge on any atom is -0.508 e. The molecule has 1 saturated carbocycles. The zero-order valence-electron chi connectivity index (χ0n) is 10.2. The second-order valence-electron chi connectivity index (χ2n) is 5.06. The molecule has 0 bridgehead atoms.